The topological polar surface area (TPSA) is 70.2 Å². The summed E-state index contributed by atoms with van der Waals surface area (Å²) in [7, 11) is 0. The van der Waals surface area contributed by atoms with E-state index in [-0.39, 0.29) is 5.91 Å². The molecule has 2 aromatic rings. The molecule has 3 rings (SSSR count). The Labute approximate surface area is 148 Å². The molecule has 6 nitrogen and oxygen atoms in total. The molecule has 0 aliphatic carbocycles. The Kier molecular flexibility index (Phi) is 5.48. The Balaban J connectivity index is 1.68. The van der Waals surface area contributed by atoms with E-state index in [1.165, 1.54) is 12.8 Å². The molecule has 25 heavy (non-hydrogen) atoms. The number of benzene rings is 1. The maximum absolute atomic E-state index is 11.6. The number of amides is 1. The summed E-state index contributed by atoms with van der Waals surface area (Å²) in [6.45, 7) is 6.09. The van der Waals surface area contributed by atoms with E-state index in [1.807, 2.05) is 44.2 Å². The van der Waals surface area contributed by atoms with Crippen molar-refractivity contribution in [3.8, 4) is 0 Å². The highest BCUT2D eigenvalue weighted by molar-refractivity contribution is 5.90. The van der Waals surface area contributed by atoms with Crippen molar-refractivity contribution in [2.24, 2.45) is 0 Å². The Bertz CT molecular complexity index is 723. The van der Waals surface area contributed by atoms with Crippen LogP contribution >= 0.6 is 0 Å². The summed E-state index contributed by atoms with van der Waals surface area (Å²) < 4.78 is 0. The molecule has 1 fully saturated rings. The molecule has 132 valence electrons. The van der Waals surface area contributed by atoms with E-state index in [1.54, 1.807) is 0 Å². The highest BCUT2D eigenvalue weighted by Crippen LogP contribution is 2.22. The van der Waals surface area contributed by atoms with Crippen LogP contribution in [-0.4, -0.2) is 29.0 Å². The third-order valence-electron chi connectivity index (χ3n) is 4.17. The van der Waals surface area contributed by atoms with Crippen molar-refractivity contribution in [2.75, 3.05) is 28.6 Å². The SMILES string of the molecule is CCCC(=O)Nc1ccc(Nc2nc(C)cc(N3CCCC3)n2)cc1. The first-order valence-electron chi connectivity index (χ1n) is 8.91. The Morgan fingerprint density at radius 2 is 1.80 bits per heavy atom. The van der Waals surface area contributed by atoms with Crippen molar-refractivity contribution in [1.82, 2.24) is 9.97 Å². The fourth-order valence-corrected chi connectivity index (χ4v) is 2.93. The number of hydrogen-bond acceptors (Lipinski definition) is 5. The first-order chi connectivity index (χ1) is 12.1. The molecule has 0 saturated carbocycles. The smallest absolute Gasteiger partial charge is 0.229 e. The molecule has 1 saturated heterocycles. The van der Waals surface area contributed by atoms with Crippen LogP contribution in [0.3, 0.4) is 0 Å². The quantitative estimate of drug-likeness (QED) is 0.836. The van der Waals surface area contributed by atoms with Gasteiger partial charge in [-0.3, -0.25) is 4.79 Å². The van der Waals surface area contributed by atoms with Crippen molar-refractivity contribution >= 4 is 29.0 Å². The highest BCUT2D eigenvalue weighted by atomic mass is 16.1. The molecule has 2 N–H and O–H groups in total. The molecule has 1 aromatic carbocycles. The first kappa shape index (κ1) is 17.2. The average Bonchev–Trinajstić information content (AvgIpc) is 3.11. The van der Waals surface area contributed by atoms with Crippen LogP contribution in [0, 0.1) is 6.92 Å². The van der Waals surface area contributed by atoms with Gasteiger partial charge in [0.2, 0.25) is 11.9 Å². The van der Waals surface area contributed by atoms with Crippen LogP contribution in [0.1, 0.15) is 38.3 Å². The van der Waals surface area contributed by atoms with Crippen LogP contribution in [0.5, 0.6) is 0 Å². The second-order valence-corrected chi connectivity index (χ2v) is 6.39. The lowest BCUT2D eigenvalue weighted by Gasteiger charge is -2.17. The molecule has 0 bridgehead atoms. The van der Waals surface area contributed by atoms with Gasteiger partial charge in [-0.05, 0) is 50.5 Å². The van der Waals surface area contributed by atoms with E-state index in [0.717, 1.165) is 42.4 Å². The lowest BCUT2D eigenvalue weighted by molar-refractivity contribution is -0.116. The van der Waals surface area contributed by atoms with E-state index >= 15 is 0 Å². The number of aromatic nitrogens is 2. The second kappa shape index (κ2) is 7.96. The summed E-state index contributed by atoms with van der Waals surface area (Å²) in [5.74, 6) is 1.63. The van der Waals surface area contributed by atoms with Crippen LogP contribution < -0.4 is 15.5 Å². The minimum absolute atomic E-state index is 0.0421. The highest BCUT2D eigenvalue weighted by Gasteiger charge is 2.15. The number of carbonyl (C=O) groups is 1. The number of carbonyl (C=O) groups excluding carboxylic acids is 1. The third kappa shape index (κ3) is 4.68. The van der Waals surface area contributed by atoms with Crippen LogP contribution in [0.25, 0.3) is 0 Å². The zero-order chi connectivity index (χ0) is 17.6. The fraction of sp³-hybridized carbons (Fsp3) is 0.421. The van der Waals surface area contributed by atoms with Gasteiger partial charge < -0.3 is 15.5 Å². The van der Waals surface area contributed by atoms with Crippen LogP contribution in [0.2, 0.25) is 0 Å². The molecule has 1 aliphatic rings. The molecule has 6 heteroatoms. The number of aryl methyl sites for hydroxylation is 1. The molecule has 0 atom stereocenters. The third-order valence-corrected chi connectivity index (χ3v) is 4.17. The van der Waals surface area contributed by atoms with Gasteiger partial charge in [-0.15, -0.1) is 0 Å². The van der Waals surface area contributed by atoms with Crippen molar-refractivity contribution in [2.45, 2.75) is 39.5 Å². The van der Waals surface area contributed by atoms with Crippen LogP contribution in [-0.2, 0) is 4.79 Å². The van der Waals surface area contributed by atoms with Crippen molar-refractivity contribution in [3.63, 3.8) is 0 Å². The number of hydrogen-bond donors (Lipinski definition) is 2. The predicted octanol–water partition coefficient (Wildman–Crippen LogP) is 3.87. The molecular weight excluding hydrogens is 314 g/mol. The normalized spacial score (nSPS) is 13.8. The van der Waals surface area contributed by atoms with Gasteiger partial charge in [-0.1, -0.05) is 6.92 Å². The molecule has 1 amide bonds. The monoisotopic (exact) mass is 339 g/mol. The summed E-state index contributed by atoms with van der Waals surface area (Å²) in [5.41, 5.74) is 2.64. The van der Waals surface area contributed by atoms with Gasteiger partial charge in [0, 0.05) is 42.6 Å². The van der Waals surface area contributed by atoms with Crippen molar-refractivity contribution in [1.29, 1.82) is 0 Å². The second-order valence-electron chi connectivity index (χ2n) is 6.39. The van der Waals surface area contributed by atoms with E-state index in [4.69, 9.17) is 0 Å². The van der Waals surface area contributed by atoms with E-state index < -0.39 is 0 Å². The van der Waals surface area contributed by atoms with Crippen LogP contribution in [0.15, 0.2) is 30.3 Å². The summed E-state index contributed by atoms with van der Waals surface area (Å²) >= 11 is 0. The van der Waals surface area contributed by atoms with Crippen molar-refractivity contribution < 1.29 is 4.79 Å². The van der Waals surface area contributed by atoms with E-state index in [0.29, 0.717) is 12.4 Å². The number of nitrogens with one attached hydrogen (secondary N) is 2. The van der Waals surface area contributed by atoms with Gasteiger partial charge in [0.05, 0.1) is 0 Å². The lowest BCUT2D eigenvalue weighted by Crippen LogP contribution is -2.19. The Hall–Kier alpha value is -2.63. The standard InChI is InChI=1S/C19H25N5O/c1-3-6-18(25)21-15-7-9-16(10-8-15)22-19-20-14(2)13-17(23-19)24-11-4-5-12-24/h7-10,13H,3-6,11-12H2,1-2H3,(H,21,25)(H,20,22,23). The van der Waals surface area contributed by atoms with E-state index in [9.17, 15) is 4.79 Å². The molecule has 0 radical (unpaired) electrons. The number of rotatable bonds is 6. The Morgan fingerprint density at radius 3 is 2.48 bits per heavy atom. The largest absolute Gasteiger partial charge is 0.356 e. The maximum atomic E-state index is 11.6. The molecule has 1 aliphatic heterocycles. The summed E-state index contributed by atoms with van der Waals surface area (Å²) in [4.78, 5) is 23.1. The van der Waals surface area contributed by atoms with Crippen molar-refractivity contribution in [3.05, 3.63) is 36.0 Å². The van der Waals surface area contributed by atoms with E-state index in [2.05, 4.69) is 25.5 Å². The molecule has 0 unspecified atom stereocenters. The van der Waals surface area contributed by atoms with Gasteiger partial charge >= 0.3 is 0 Å². The van der Waals surface area contributed by atoms with Crippen LogP contribution in [0.4, 0.5) is 23.1 Å². The summed E-state index contributed by atoms with van der Waals surface area (Å²) in [5, 5.41) is 6.14. The number of anilines is 4. The van der Waals surface area contributed by atoms with Gasteiger partial charge in [0.15, 0.2) is 0 Å². The fourth-order valence-electron chi connectivity index (χ4n) is 2.93. The predicted molar refractivity (Wildman–Crippen MR) is 101 cm³/mol. The summed E-state index contributed by atoms with van der Waals surface area (Å²) in [6, 6.07) is 9.63. The number of nitrogens with zero attached hydrogens (tertiary/aromatic N) is 3. The van der Waals surface area contributed by atoms with Gasteiger partial charge in [0.1, 0.15) is 5.82 Å². The minimum atomic E-state index is 0.0421. The molecule has 0 spiro atoms. The Morgan fingerprint density at radius 1 is 1.12 bits per heavy atom. The van der Waals surface area contributed by atoms with Gasteiger partial charge in [-0.25, -0.2) is 4.98 Å². The molecule has 1 aromatic heterocycles. The minimum Gasteiger partial charge on any atom is -0.356 e. The van der Waals surface area contributed by atoms with Gasteiger partial charge in [0.25, 0.3) is 0 Å². The lowest BCUT2D eigenvalue weighted by atomic mass is 10.2. The molecule has 2 heterocycles. The average molecular weight is 339 g/mol. The van der Waals surface area contributed by atoms with Gasteiger partial charge in [-0.2, -0.15) is 4.98 Å². The summed E-state index contributed by atoms with van der Waals surface area (Å²) in [6.07, 6.45) is 3.82. The maximum Gasteiger partial charge on any atom is 0.229 e. The zero-order valence-corrected chi connectivity index (χ0v) is 14.9. The molecular formula is C19H25N5O. The first-order valence-corrected chi connectivity index (χ1v) is 8.91. The zero-order valence-electron chi connectivity index (χ0n) is 14.9.